The number of nitrogens with zero attached hydrogens (tertiary/aromatic N) is 5. The summed E-state index contributed by atoms with van der Waals surface area (Å²) in [4.78, 5) is 38.6. The number of anilines is 1. The number of carbonyl (C=O) groups is 2. The summed E-state index contributed by atoms with van der Waals surface area (Å²) in [5.74, 6) is -0.373. The summed E-state index contributed by atoms with van der Waals surface area (Å²) in [6.45, 7) is 8.90. The molecule has 11 heteroatoms. The van der Waals surface area contributed by atoms with Crippen molar-refractivity contribution < 1.29 is 9.59 Å². The molecule has 9 nitrogen and oxygen atoms in total. The van der Waals surface area contributed by atoms with E-state index in [0.717, 1.165) is 33.9 Å². The Morgan fingerprint density at radius 2 is 1.94 bits per heavy atom. The molecule has 0 aromatic carbocycles. The van der Waals surface area contributed by atoms with Gasteiger partial charge in [-0.1, -0.05) is 0 Å². The maximum atomic E-state index is 13.1. The van der Waals surface area contributed by atoms with Gasteiger partial charge in [0.25, 0.3) is 11.8 Å². The molecule has 0 atom stereocenters. The van der Waals surface area contributed by atoms with Gasteiger partial charge in [-0.3, -0.25) is 14.5 Å². The van der Waals surface area contributed by atoms with Crippen LogP contribution in [-0.4, -0.2) is 61.5 Å². The van der Waals surface area contributed by atoms with Crippen LogP contribution in [0.2, 0.25) is 0 Å². The molecule has 1 aliphatic rings. The molecule has 0 saturated carbocycles. The molecule has 0 aliphatic carbocycles. The molecule has 1 fully saturated rings. The molecule has 5 rings (SSSR count). The number of rotatable bonds is 7. The van der Waals surface area contributed by atoms with Gasteiger partial charge in [0.15, 0.2) is 0 Å². The highest BCUT2D eigenvalue weighted by molar-refractivity contribution is 7.21. The van der Waals surface area contributed by atoms with Crippen molar-refractivity contribution in [2.75, 3.05) is 25.0 Å². The van der Waals surface area contributed by atoms with Crippen LogP contribution in [0, 0.1) is 6.92 Å². The molecule has 4 aromatic rings. The van der Waals surface area contributed by atoms with Gasteiger partial charge in [-0.2, -0.15) is 5.10 Å². The van der Waals surface area contributed by atoms with Crippen molar-refractivity contribution in [3.05, 3.63) is 53.2 Å². The number of thiophene rings is 1. The first-order chi connectivity index (χ1) is 16.8. The quantitative estimate of drug-likeness (QED) is 0.389. The Bertz CT molecular complexity index is 1370. The molecule has 0 radical (unpaired) electrons. The van der Waals surface area contributed by atoms with E-state index in [1.54, 1.807) is 23.1 Å². The first-order valence-electron chi connectivity index (χ1n) is 11.5. The van der Waals surface area contributed by atoms with Crippen LogP contribution in [0.1, 0.15) is 52.3 Å². The number of fused-ring (bicyclic) bond motifs is 1. The molecule has 0 unspecified atom stereocenters. The van der Waals surface area contributed by atoms with Gasteiger partial charge >= 0.3 is 0 Å². The number of likely N-dealkylation sites (tertiary alicyclic amines) is 1. The van der Waals surface area contributed by atoms with Crippen LogP contribution in [0.15, 0.2) is 37.2 Å². The minimum absolute atomic E-state index is 0.114. The minimum atomic E-state index is -0.258. The lowest BCUT2D eigenvalue weighted by molar-refractivity contribution is 0.0943. The Morgan fingerprint density at radius 1 is 1.14 bits per heavy atom. The predicted molar refractivity (Wildman–Crippen MR) is 138 cm³/mol. The zero-order valence-electron chi connectivity index (χ0n) is 19.9. The molecule has 2 N–H and O–H groups in total. The second kappa shape index (κ2) is 9.48. The number of amides is 2. The first kappa shape index (κ1) is 23.6. The molecule has 4 aromatic heterocycles. The molecule has 0 spiro atoms. The molecule has 182 valence electrons. The molecular formula is C24H27N7O2S2. The van der Waals surface area contributed by atoms with Crippen LogP contribution in [0.3, 0.4) is 0 Å². The summed E-state index contributed by atoms with van der Waals surface area (Å²) in [7, 11) is 0. The normalized spacial score (nSPS) is 15.5. The van der Waals surface area contributed by atoms with E-state index < -0.39 is 0 Å². The highest BCUT2D eigenvalue weighted by Crippen LogP contribution is 2.32. The van der Waals surface area contributed by atoms with E-state index in [2.05, 4.69) is 44.4 Å². The van der Waals surface area contributed by atoms with Gasteiger partial charge in [0.1, 0.15) is 11.2 Å². The lowest BCUT2D eigenvalue weighted by Gasteiger charge is -2.31. The second-order valence-electron chi connectivity index (χ2n) is 9.27. The SMILES string of the molecule is Cc1cc(C(=O)NCCN2CCCC2(C)C)sc1NC(=O)c1cnn2cc(-c3cncnc3)sc12. The maximum Gasteiger partial charge on any atom is 0.261 e. The Balaban J connectivity index is 1.24. The van der Waals surface area contributed by atoms with Gasteiger partial charge in [-0.05, 0) is 51.8 Å². The Hall–Kier alpha value is -3.15. The average Bonchev–Trinajstić information content (AvgIpc) is 3.58. The van der Waals surface area contributed by atoms with Crippen LogP contribution in [-0.2, 0) is 0 Å². The Kier molecular flexibility index (Phi) is 6.39. The van der Waals surface area contributed by atoms with E-state index in [-0.39, 0.29) is 17.4 Å². The van der Waals surface area contributed by atoms with Crippen molar-refractivity contribution in [1.29, 1.82) is 0 Å². The largest absolute Gasteiger partial charge is 0.350 e. The smallest absolute Gasteiger partial charge is 0.261 e. The number of aryl methyl sites for hydroxylation is 1. The fraction of sp³-hybridized carbons (Fsp3) is 0.375. The summed E-state index contributed by atoms with van der Waals surface area (Å²) >= 11 is 2.74. The number of hydrogen-bond acceptors (Lipinski definition) is 8. The molecule has 35 heavy (non-hydrogen) atoms. The molecule has 0 bridgehead atoms. The van der Waals surface area contributed by atoms with Gasteiger partial charge in [0.05, 0.1) is 26.5 Å². The van der Waals surface area contributed by atoms with Gasteiger partial charge in [0.2, 0.25) is 0 Å². The molecule has 5 heterocycles. The van der Waals surface area contributed by atoms with Crippen molar-refractivity contribution in [2.45, 2.75) is 39.2 Å². The van der Waals surface area contributed by atoms with E-state index in [0.29, 0.717) is 22.0 Å². The highest BCUT2D eigenvalue weighted by atomic mass is 32.1. The van der Waals surface area contributed by atoms with Gasteiger partial charge in [-0.15, -0.1) is 22.7 Å². The van der Waals surface area contributed by atoms with Crippen LogP contribution in [0.4, 0.5) is 5.00 Å². The third-order valence-electron chi connectivity index (χ3n) is 6.39. The first-order valence-corrected chi connectivity index (χ1v) is 13.1. The molecule has 1 aliphatic heterocycles. The van der Waals surface area contributed by atoms with E-state index in [4.69, 9.17) is 0 Å². The van der Waals surface area contributed by atoms with Crippen molar-refractivity contribution in [3.8, 4) is 10.4 Å². The van der Waals surface area contributed by atoms with E-state index in [9.17, 15) is 9.59 Å². The molecule has 1 saturated heterocycles. The van der Waals surface area contributed by atoms with E-state index in [1.165, 1.54) is 41.8 Å². The fourth-order valence-electron chi connectivity index (χ4n) is 4.36. The summed E-state index contributed by atoms with van der Waals surface area (Å²) in [6.07, 6.45) is 10.7. The second-order valence-corrected chi connectivity index (χ2v) is 11.3. The van der Waals surface area contributed by atoms with Crippen LogP contribution in [0.5, 0.6) is 0 Å². The topological polar surface area (TPSA) is 105 Å². The minimum Gasteiger partial charge on any atom is -0.350 e. The van der Waals surface area contributed by atoms with E-state index >= 15 is 0 Å². The van der Waals surface area contributed by atoms with Crippen LogP contribution >= 0.6 is 22.7 Å². The summed E-state index contributed by atoms with van der Waals surface area (Å²) < 4.78 is 1.68. The summed E-state index contributed by atoms with van der Waals surface area (Å²) in [5.41, 5.74) is 2.39. The standard InChI is InChI=1S/C24H27N7O2S2/c1-15-9-18(21(33)27-6-8-30-7-4-5-24(30,2)3)34-22(15)29-20(32)17-12-28-31-13-19(35-23(17)31)16-10-25-14-26-11-16/h9-14H,4-8H2,1-3H3,(H,27,33)(H,29,32). The average molecular weight is 510 g/mol. The van der Waals surface area contributed by atoms with Gasteiger partial charge < -0.3 is 10.6 Å². The number of thiazole rings is 1. The Morgan fingerprint density at radius 3 is 2.69 bits per heavy atom. The van der Waals surface area contributed by atoms with Crippen molar-refractivity contribution in [3.63, 3.8) is 0 Å². The summed E-state index contributed by atoms with van der Waals surface area (Å²) in [5, 5.41) is 11.0. The highest BCUT2D eigenvalue weighted by Gasteiger charge is 2.31. The van der Waals surface area contributed by atoms with Crippen molar-refractivity contribution in [2.24, 2.45) is 0 Å². The third kappa shape index (κ3) is 4.84. The fourth-order valence-corrected chi connectivity index (χ4v) is 6.38. The summed E-state index contributed by atoms with van der Waals surface area (Å²) in [6, 6.07) is 1.82. The van der Waals surface area contributed by atoms with Crippen molar-refractivity contribution in [1.82, 2.24) is 29.8 Å². The number of aromatic nitrogens is 4. The van der Waals surface area contributed by atoms with Gasteiger partial charge in [0, 0.05) is 42.8 Å². The lowest BCUT2D eigenvalue weighted by Crippen LogP contribution is -2.42. The lowest BCUT2D eigenvalue weighted by atomic mass is 10.0. The van der Waals surface area contributed by atoms with Crippen LogP contribution < -0.4 is 10.6 Å². The van der Waals surface area contributed by atoms with Crippen LogP contribution in [0.25, 0.3) is 15.3 Å². The maximum absolute atomic E-state index is 13.1. The van der Waals surface area contributed by atoms with Gasteiger partial charge in [-0.25, -0.2) is 14.5 Å². The predicted octanol–water partition coefficient (Wildman–Crippen LogP) is 4.08. The zero-order chi connectivity index (χ0) is 24.6. The van der Waals surface area contributed by atoms with E-state index in [1.807, 2.05) is 19.2 Å². The monoisotopic (exact) mass is 509 g/mol. The molecule has 2 amide bonds. The zero-order valence-corrected chi connectivity index (χ0v) is 21.5. The Labute approximate surface area is 211 Å². The number of carbonyl (C=O) groups excluding carboxylic acids is 2. The molecular weight excluding hydrogens is 482 g/mol. The third-order valence-corrected chi connectivity index (χ3v) is 8.71. The number of nitrogens with one attached hydrogen (secondary N) is 2. The number of hydrogen-bond donors (Lipinski definition) is 2. The van der Waals surface area contributed by atoms with Crippen molar-refractivity contribution >= 4 is 44.3 Å².